The zero-order valence-electron chi connectivity index (χ0n) is 10.6. The van der Waals surface area contributed by atoms with E-state index in [4.69, 9.17) is 16.9 Å². The van der Waals surface area contributed by atoms with Crippen molar-refractivity contribution in [1.29, 1.82) is 5.26 Å². The average molecular weight is 300 g/mol. The van der Waals surface area contributed by atoms with Gasteiger partial charge in [-0.25, -0.2) is 4.98 Å². The molecule has 0 atom stereocenters. The molecule has 0 fully saturated rings. The van der Waals surface area contributed by atoms with E-state index in [1.807, 2.05) is 13.0 Å². The number of anilines is 2. The lowest BCUT2D eigenvalue weighted by atomic mass is 10.2. The maximum absolute atomic E-state index is 8.93. The molecule has 98 valence electrons. The van der Waals surface area contributed by atoms with Crippen LogP contribution in [0.2, 0.25) is 5.02 Å². The van der Waals surface area contributed by atoms with Crippen LogP contribution in [0.3, 0.4) is 0 Å². The molecule has 3 aromatic rings. The van der Waals surface area contributed by atoms with Crippen LogP contribution in [0.15, 0.2) is 36.4 Å². The van der Waals surface area contributed by atoms with Gasteiger partial charge in [-0.2, -0.15) is 5.26 Å². The van der Waals surface area contributed by atoms with E-state index in [0.717, 1.165) is 15.3 Å². The Balaban J connectivity index is 1.99. The van der Waals surface area contributed by atoms with Crippen LogP contribution in [0.25, 0.3) is 10.2 Å². The molecule has 0 saturated carbocycles. The first-order valence-electron chi connectivity index (χ1n) is 5.99. The maximum Gasteiger partial charge on any atom is 0.188 e. The van der Waals surface area contributed by atoms with E-state index in [9.17, 15) is 0 Å². The monoisotopic (exact) mass is 299 g/mol. The van der Waals surface area contributed by atoms with Crippen LogP contribution in [0, 0.1) is 18.3 Å². The van der Waals surface area contributed by atoms with Crippen LogP contribution in [-0.2, 0) is 0 Å². The molecule has 0 unspecified atom stereocenters. The Hall–Kier alpha value is -2.09. The van der Waals surface area contributed by atoms with Gasteiger partial charge in [-0.05, 0) is 42.8 Å². The fourth-order valence-electron chi connectivity index (χ4n) is 1.90. The Labute approximate surface area is 125 Å². The summed E-state index contributed by atoms with van der Waals surface area (Å²) in [6, 6.07) is 13.4. The van der Waals surface area contributed by atoms with Crippen molar-refractivity contribution >= 4 is 44.0 Å². The number of hydrogen-bond acceptors (Lipinski definition) is 4. The number of rotatable bonds is 2. The molecule has 5 heteroatoms. The van der Waals surface area contributed by atoms with E-state index in [0.29, 0.717) is 16.3 Å². The van der Waals surface area contributed by atoms with Crippen molar-refractivity contribution < 1.29 is 0 Å². The fraction of sp³-hybridized carbons (Fsp3) is 0.0667. The van der Waals surface area contributed by atoms with Crippen LogP contribution in [0.1, 0.15) is 11.1 Å². The number of benzene rings is 2. The standard InChI is InChI=1S/C15H10ClN3S/c1-9-2-5-14-13(6-9)19-15(20-14)18-12-7-10(8-17)3-4-11(12)16/h2-7H,1H3,(H,18,19). The molecule has 0 radical (unpaired) electrons. The van der Waals surface area contributed by atoms with E-state index in [-0.39, 0.29) is 0 Å². The molecule has 0 saturated heterocycles. The summed E-state index contributed by atoms with van der Waals surface area (Å²) in [5, 5.41) is 13.4. The smallest absolute Gasteiger partial charge is 0.188 e. The quantitative estimate of drug-likeness (QED) is 0.734. The third-order valence-electron chi connectivity index (χ3n) is 2.88. The summed E-state index contributed by atoms with van der Waals surface area (Å²) in [5.41, 5.74) is 3.40. The zero-order chi connectivity index (χ0) is 14.1. The second-order valence-electron chi connectivity index (χ2n) is 4.42. The lowest BCUT2D eigenvalue weighted by Crippen LogP contribution is -1.91. The van der Waals surface area contributed by atoms with Gasteiger partial charge in [0.05, 0.1) is 32.6 Å². The van der Waals surface area contributed by atoms with Crippen molar-refractivity contribution in [2.45, 2.75) is 6.92 Å². The molecule has 3 nitrogen and oxygen atoms in total. The molecule has 0 bridgehead atoms. The SMILES string of the molecule is Cc1ccc2sc(Nc3cc(C#N)ccc3Cl)nc2c1. The van der Waals surface area contributed by atoms with E-state index in [2.05, 4.69) is 28.5 Å². The average Bonchev–Trinajstić information content (AvgIpc) is 2.82. The third-order valence-corrected chi connectivity index (χ3v) is 4.16. The van der Waals surface area contributed by atoms with Crippen molar-refractivity contribution in [3.8, 4) is 6.07 Å². The predicted octanol–water partition coefficient (Wildman–Crippen LogP) is 4.87. The lowest BCUT2D eigenvalue weighted by molar-refractivity contribution is 1.41. The second kappa shape index (κ2) is 5.12. The first-order chi connectivity index (χ1) is 9.65. The molecular weight excluding hydrogens is 290 g/mol. The molecular formula is C15H10ClN3S. The topological polar surface area (TPSA) is 48.7 Å². The van der Waals surface area contributed by atoms with Crippen molar-refractivity contribution in [2.75, 3.05) is 5.32 Å². The molecule has 0 aliphatic rings. The first-order valence-corrected chi connectivity index (χ1v) is 7.19. The molecule has 1 aromatic heterocycles. The molecule has 0 spiro atoms. The molecule has 0 amide bonds. The van der Waals surface area contributed by atoms with Crippen LogP contribution in [0.5, 0.6) is 0 Å². The largest absolute Gasteiger partial charge is 0.330 e. The van der Waals surface area contributed by atoms with Gasteiger partial charge in [0.25, 0.3) is 0 Å². The summed E-state index contributed by atoms with van der Waals surface area (Å²) in [6.07, 6.45) is 0. The Bertz CT molecular complexity index is 833. The molecule has 3 rings (SSSR count). The minimum atomic E-state index is 0.564. The van der Waals surface area contributed by atoms with Gasteiger partial charge in [-0.1, -0.05) is 29.0 Å². The maximum atomic E-state index is 8.93. The van der Waals surface area contributed by atoms with E-state index in [1.54, 1.807) is 29.5 Å². The van der Waals surface area contributed by atoms with Gasteiger partial charge in [-0.15, -0.1) is 0 Å². The van der Waals surface area contributed by atoms with Crippen LogP contribution >= 0.6 is 22.9 Å². The number of nitrogens with zero attached hydrogens (tertiary/aromatic N) is 2. The van der Waals surface area contributed by atoms with Gasteiger partial charge in [0.2, 0.25) is 0 Å². The van der Waals surface area contributed by atoms with Gasteiger partial charge in [-0.3, -0.25) is 0 Å². The van der Waals surface area contributed by atoms with Crippen molar-refractivity contribution in [2.24, 2.45) is 0 Å². The van der Waals surface area contributed by atoms with Crippen LogP contribution in [-0.4, -0.2) is 4.98 Å². The summed E-state index contributed by atoms with van der Waals surface area (Å²) in [5.74, 6) is 0. The highest BCUT2D eigenvalue weighted by Gasteiger charge is 2.07. The zero-order valence-corrected chi connectivity index (χ0v) is 12.2. The fourth-order valence-corrected chi connectivity index (χ4v) is 2.92. The highest BCUT2D eigenvalue weighted by molar-refractivity contribution is 7.22. The van der Waals surface area contributed by atoms with Crippen molar-refractivity contribution in [1.82, 2.24) is 4.98 Å². The molecule has 20 heavy (non-hydrogen) atoms. The summed E-state index contributed by atoms with van der Waals surface area (Å²) in [7, 11) is 0. The highest BCUT2D eigenvalue weighted by atomic mass is 35.5. The van der Waals surface area contributed by atoms with Gasteiger partial charge in [0.1, 0.15) is 0 Å². The van der Waals surface area contributed by atoms with Crippen LogP contribution < -0.4 is 5.32 Å². The minimum Gasteiger partial charge on any atom is -0.330 e. The third kappa shape index (κ3) is 2.46. The number of hydrogen-bond donors (Lipinski definition) is 1. The molecule has 0 aliphatic heterocycles. The number of nitrogens with one attached hydrogen (secondary N) is 1. The number of thiazole rings is 1. The molecule has 1 heterocycles. The van der Waals surface area contributed by atoms with E-state index >= 15 is 0 Å². The number of nitriles is 1. The molecule has 2 aromatic carbocycles. The second-order valence-corrected chi connectivity index (χ2v) is 5.86. The highest BCUT2D eigenvalue weighted by Crippen LogP contribution is 2.31. The molecule has 1 N–H and O–H groups in total. The first kappa shape index (κ1) is 12.9. The van der Waals surface area contributed by atoms with E-state index in [1.165, 1.54) is 5.56 Å². The van der Waals surface area contributed by atoms with Gasteiger partial charge < -0.3 is 5.32 Å². The Morgan fingerprint density at radius 1 is 1.25 bits per heavy atom. The van der Waals surface area contributed by atoms with Crippen molar-refractivity contribution in [3.05, 3.63) is 52.5 Å². The van der Waals surface area contributed by atoms with Gasteiger partial charge in [0, 0.05) is 0 Å². The number of fused-ring (bicyclic) bond motifs is 1. The Morgan fingerprint density at radius 3 is 2.90 bits per heavy atom. The summed E-state index contributed by atoms with van der Waals surface area (Å²) in [6.45, 7) is 2.04. The summed E-state index contributed by atoms with van der Waals surface area (Å²) < 4.78 is 1.12. The minimum absolute atomic E-state index is 0.564. The van der Waals surface area contributed by atoms with Crippen LogP contribution in [0.4, 0.5) is 10.8 Å². The van der Waals surface area contributed by atoms with Gasteiger partial charge >= 0.3 is 0 Å². The van der Waals surface area contributed by atoms with Crippen molar-refractivity contribution in [3.63, 3.8) is 0 Å². The molecule has 0 aliphatic carbocycles. The van der Waals surface area contributed by atoms with E-state index < -0.39 is 0 Å². The Morgan fingerprint density at radius 2 is 2.10 bits per heavy atom. The number of aryl methyl sites for hydroxylation is 1. The van der Waals surface area contributed by atoms with Gasteiger partial charge in [0.15, 0.2) is 5.13 Å². The summed E-state index contributed by atoms with van der Waals surface area (Å²) in [4.78, 5) is 4.53. The summed E-state index contributed by atoms with van der Waals surface area (Å²) >= 11 is 7.69. The number of aromatic nitrogens is 1. The predicted molar refractivity (Wildman–Crippen MR) is 83.8 cm³/mol. The number of halogens is 1. The Kier molecular flexibility index (Phi) is 3.31. The normalized spacial score (nSPS) is 10.4. The lowest BCUT2D eigenvalue weighted by Gasteiger charge is -2.04.